The number of benzene rings is 2. The third-order valence-electron chi connectivity index (χ3n) is 3.69. The van der Waals surface area contributed by atoms with Gasteiger partial charge in [0.15, 0.2) is 5.41 Å². The van der Waals surface area contributed by atoms with Crippen LogP contribution >= 0.6 is 0 Å². The third-order valence-corrected chi connectivity index (χ3v) is 3.69. The molecule has 0 aromatic heterocycles. The summed E-state index contributed by atoms with van der Waals surface area (Å²) < 4.78 is 27.2. The molecule has 3 nitrogen and oxygen atoms in total. The summed E-state index contributed by atoms with van der Waals surface area (Å²) in [5.41, 5.74) is -2.50. The van der Waals surface area contributed by atoms with Gasteiger partial charge in [-0.25, -0.2) is 8.78 Å². The number of aromatic hydroxyl groups is 1. The highest BCUT2D eigenvalue weighted by atomic mass is 19.3. The first kappa shape index (κ1) is 11.9. The van der Waals surface area contributed by atoms with E-state index in [1.165, 1.54) is 6.07 Å². The molecule has 2 aromatic rings. The van der Waals surface area contributed by atoms with E-state index in [0.717, 1.165) is 0 Å². The Kier molecular flexibility index (Phi) is 2.15. The second-order valence-corrected chi connectivity index (χ2v) is 4.77. The largest absolute Gasteiger partial charge is 0.508 e. The molecule has 1 aliphatic rings. The number of rotatable bonds is 2. The maximum absolute atomic E-state index is 13.6. The summed E-state index contributed by atoms with van der Waals surface area (Å²) in [5, 5.41) is 20.0. The molecule has 1 unspecified atom stereocenters. The predicted octanol–water partition coefficient (Wildman–Crippen LogP) is 2.91. The number of fused-ring (bicyclic) bond motifs is 1. The highest BCUT2D eigenvalue weighted by molar-refractivity contribution is 5.98. The molecule has 5 heteroatoms. The van der Waals surface area contributed by atoms with Crippen LogP contribution in [0, 0.1) is 0 Å². The van der Waals surface area contributed by atoms with Gasteiger partial charge in [0.2, 0.25) is 0 Å². The highest BCUT2D eigenvalue weighted by Gasteiger charge is 2.78. The molecule has 0 radical (unpaired) electrons. The maximum Gasteiger partial charge on any atom is 0.320 e. The van der Waals surface area contributed by atoms with Gasteiger partial charge in [-0.1, -0.05) is 30.3 Å². The minimum atomic E-state index is -3.33. The number of halogens is 2. The molecule has 98 valence electrons. The fourth-order valence-corrected chi connectivity index (χ4v) is 2.61. The Labute approximate surface area is 107 Å². The van der Waals surface area contributed by atoms with E-state index < -0.39 is 29.5 Å². The van der Waals surface area contributed by atoms with Gasteiger partial charge >= 0.3 is 5.97 Å². The monoisotopic (exact) mass is 264 g/mol. The van der Waals surface area contributed by atoms with Crippen molar-refractivity contribution in [3.05, 3.63) is 42.0 Å². The quantitative estimate of drug-likeness (QED) is 0.876. The Morgan fingerprint density at radius 2 is 1.79 bits per heavy atom. The number of phenolic OH excluding ortho intramolecular Hbond substituents is 1. The van der Waals surface area contributed by atoms with E-state index in [1.54, 1.807) is 30.3 Å². The average Bonchev–Trinajstić information content (AvgIpc) is 2.93. The number of carboxylic acid groups (broad SMARTS) is 1. The van der Waals surface area contributed by atoms with E-state index in [1.807, 2.05) is 0 Å². The molecule has 0 amide bonds. The minimum Gasteiger partial charge on any atom is -0.508 e. The molecule has 0 heterocycles. The molecule has 2 N–H and O–H groups in total. The van der Waals surface area contributed by atoms with Gasteiger partial charge in [0.05, 0.1) is 0 Å². The fraction of sp³-hybridized carbons (Fsp3) is 0.214. The standard InChI is InChI=1S/C14H10F2O3/c15-14(16)7-13(14,12(18)19)11-9-4-2-1-3-8(9)5-6-10(11)17/h1-6,17H,7H2,(H,18,19). The van der Waals surface area contributed by atoms with Crippen molar-refractivity contribution in [3.8, 4) is 5.75 Å². The van der Waals surface area contributed by atoms with Crippen molar-refractivity contribution in [1.82, 2.24) is 0 Å². The summed E-state index contributed by atoms with van der Waals surface area (Å²) in [5.74, 6) is -5.34. The third kappa shape index (κ3) is 1.38. The van der Waals surface area contributed by atoms with Gasteiger partial charge in [-0.05, 0) is 16.8 Å². The molecule has 1 saturated carbocycles. The SMILES string of the molecule is O=C(O)C1(c2c(O)ccc3ccccc23)CC1(F)F. The van der Waals surface area contributed by atoms with E-state index in [9.17, 15) is 23.8 Å². The van der Waals surface area contributed by atoms with Crippen LogP contribution in [0.5, 0.6) is 5.75 Å². The van der Waals surface area contributed by atoms with Crippen LogP contribution in [0.3, 0.4) is 0 Å². The zero-order valence-corrected chi connectivity index (χ0v) is 9.73. The lowest BCUT2D eigenvalue weighted by Crippen LogP contribution is -2.27. The second-order valence-electron chi connectivity index (χ2n) is 4.77. The normalized spacial score (nSPS) is 24.3. The van der Waals surface area contributed by atoms with Gasteiger partial charge in [-0.2, -0.15) is 0 Å². The minimum absolute atomic E-state index is 0.192. The molecule has 1 atom stereocenters. The summed E-state index contributed by atoms with van der Waals surface area (Å²) >= 11 is 0. The number of hydrogen-bond acceptors (Lipinski definition) is 2. The van der Waals surface area contributed by atoms with E-state index in [2.05, 4.69) is 0 Å². The van der Waals surface area contributed by atoms with Crippen molar-refractivity contribution in [2.75, 3.05) is 0 Å². The van der Waals surface area contributed by atoms with Crippen molar-refractivity contribution < 1.29 is 23.8 Å². The van der Waals surface area contributed by atoms with Crippen LogP contribution in [0.1, 0.15) is 12.0 Å². The number of aliphatic carboxylic acids is 1. The zero-order chi connectivity index (χ0) is 13.8. The number of phenols is 1. The van der Waals surface area contributed by atoms with E-state index in [-0.39, 0.29) is 5.56 Å². The molecule has 1 aliphatic carbocycles. The summed E-state index contributed by atoms with van der Waals surface area (Å²) in [6.07, 6.45) is -0.781. The Morgan fingerprint density at radius 3 is 2.37 bits per heavy atom. The lowest BCUT2D eigenvalue weighted by Gasteiger charge is -2.16. The van der Waals surface area contributed by atoms with Crippen LogP contribution in [-0.2, 0) is 10.2 Å². The Morgan fingerprint density at radius 1 is 1.16 bits per heavy atom. The van der Waals surface area contributed by atoms with Crippen LogP contribution in [0.4, 0.5) is 8.78 Å². The molecule has 1 fully saturated rings. The lowest BCUT2D eigenvalue weighted by atomic mass is 9.89. The Bertz CT molecular complexity index is 696. The molecule has 0 spiro atoms. The summed E-state index contributed by atoms with van der Waals surface area (Å²) in [6.45, 7) is 0. The van der Waals surface area contributed by atoms with Crippen LogP contribution in [0.2, 0.25) is 0 Å². The molecule has 0 aliphatic heterocycles. The van der Waals surface area contributed by atoms with E-state index >= 15 is 0 Å². The van der Waals surface area contributed by atoms with Crippen LogP contribution in [0.25, 0.3) is 10.8 Å². The van der Waals surface area contributed by atoms with Gasteiger partial charge in [-0.15, -0.1) is 0 Å². The number of carboxylic acids is 1. The highest BCUT2D eigenvalue weighted by Crippen LogP contribution is 2.64. The molecular weight excluding hydrogens is 254 g/mol. The second kappa shape index (κ2) is 3.44. The van der Waals surface area contributed by atoms with Crippen LogP contribution < -0.4 is 0 Å². The van der Waals surface area contributed by atoms with Gasteiger partial charge in [-0.3, -0.25) is 4.79 Å². The van der Waals surface area contributed by atoms with Crippen LogP contribution in [0.15, 0.2) is 36.4 Å². The maximum atomic E-state index is 13.6. The van der Waals surface area contributed by atoms with Gasteiger partial charge in [0.1, 0.15) is 5.75 Å². The Hall–Kier alpha value is -2.17. The number of alkyl halides is 2. The summed E-state index contributed by atoms with van der Waals surface area (Å²) in [6, 6.07) is 9.42. The topological polar surface area (TPSA) is 57.5 Å². The molecule has 0 bridgehead atoms. The number of hydrogen-bond donors (Lipinski definition) is 2. The molecule has 3 rings (SSSR count). The smallest absolute Gasteiger partial charge is 0.320 e. The van der Waals surface area contributed by atoms with Crippen molar-refractivity contribution in [1.29, 1.82) is 0 Å². The molecule has 2 aromatic carbocycles. The van der Waals surface area contributed by atoms with Gasteiger partial charge < -0.3 is 10.2 Å². The van der Waals surface area contributed by atoms with Crippen molar-refractivity contribution in [3.63, 3.8) is 0 Å². The predicted molar refractivity (Wildman–Crippen MR) is 64.5 cm³/mol. The summed E-state index contributed by atoms with van der Waals surface area (Å²) in [4.78, 5) is 11.3. The van der Waals surface area contributed by atoms with E-state index in [0.29, 0.717) is 10.8 Å². The fourth-order valence-electron chi connectivity index (χ4n) is 2.61. The molecular formula is C14H10F2O3. The first-order valence-electron chi connectivity index (χ1n) is 5.72. The van der Waals surface area contributed by atoms with Gasteiger partial charge in [0, 0.05) is 12.0 Å². The lowest BCUT2D eigenvalue weighted by molar-refractivity contribution is -0.143. The Balaban J connectivity index is 2.37. The summed E-state index contributed by atoms with van der Waals surface area (Å²) in [7, 11) is 0. The van der Waals surface area contributed by atoms with E-state index in [4.69, 9.17) is 0 Å². The zero-order valence-electron chi connectivity index (χ0n) is 9.73. The molecule has 0 saturated heterocycles. The average molecular weight is 264 g/mol. The first-order valence-corrected chi connectivity index (χ1v) is 5.72. The van der Waals surface area contributed by atoms with Crippen molar-refractivity contribution in [2.24, 2.45) is 0 Å². The number of carbonyl (C=O) groups is 1. The van der Waals surface area contributed by atoms with Gasteiger partial charge in [0.25, 0.3) is 5.92 Å². The molecule has 19 heavy (non-hydrogen) atoms. The van der Waals surface area contributed by atoms with Crippen LogP contribution in [-0.4, -0.2) is 22.1 Å². The van der Waals surface area contributed by atoms with Crippen molar-refractivity contribution in [2.45, 2.75) is 17.8 Å². The van der Waals surface area contributed by atoms with Crippen molar-refractivity contribution >= 4 is 16.7 Å². The first-order chi connectivity index (χ1) is 8.90.